The molecule has 4 atom stereocenters. The molecule has 0 radical (unpaired) electrons. The highest BCUT2D eigenvalue weighted by Gasteiger charge is 2.64. The summed E-state index contributed by atoms with van der Waals surface area (Å²) in [5.41, 5.74) is 0. The van der Waals surface area contributed by atoms with E-state index in [4.69, 9.17) is 9.47 Å². The van der Waals surface area contributed by atoms with Crippen molar-refractivity contribution >= 4 is 11.9 Å². The molecule has 0 aromatic carbocycles. The Hall–Kier alpha value is -1.06. The van der Waals surface area contributed by atoms with Gasteiger partial charge in [-0.2, -0.15) is 0 Å². The van der Waals surface area contributed by atoms with Crippen molar-refractivity contribution in [2.45, 2.75) is 26.7 Å². The molecule has 90 valence electrons. The Balaban J connectivity index is 1.92. The average molecular weight is 226 g/mol. The van der Waals surface area contributed by atoms with Crippen LogP contribution in [0.15, 0.2) is 0 Å². The van der Waals surface area contributed by atoms with Crippen molar-refractivity contribution < 1.29 is 19.1 Å². The van der Waals surface area contributed by atoms with Crippen molar-refractivity contribution in [1.82, 2.24) is 0 Å². The van der Waals surface area contributed by atoms with Crippen LogP contribution in [0, 0.1) is 23.7 Å². The second-order valence-corrected chi connectivity index (χ2v) is 4.45. The highest BCUT2D eigenvalue weighted by Crippen LogP contribution is 2.61. The zero-order chi connectivity index (χ0) is 11.7. The number of fused-ring (bicyclic) bond motifs is 1. The van der Waals surface area contributed by atoms with E-state index in [0.717, 1.165) is 12.8 Å². The molecule has 2 aliphatic carbocycles. The number of carbonyl (C=O) groups excluding carboxylic acids is 2. The lowest BCUT2D eigenvalue weighted by molar-refractivity contribution is -0.150. The van der Waals surface area contributed by atoms with Crippen LogP contribution >= 0.6 is 0 Å². The fraction of sp³-hybridized carbons (Fsp3) is 0.833. The molecule has 2 rings (SSSR count). The highest BCUT2D eigenvalue weighted by molar-refractivity contribution is 5.81. The van der Waals surface area contributed by atoms with Crippen molar-refractivity contribution in [2.24, 2.45) is 23.7 Å². The number of hydrogen-bond acceptors (Lipinski definition) is 4. The number of hydrogen-bond donors (Lipinski definition) is 0. The van der Waals surface area contributed by atoms with Gasteiger partial charge in [-0.1, -0.05) is 0 Å². The van der Waals surface area contributed by atoms with Crippen molar-refractivity contribution in [1.29, 1.82) is 0 Å². The second kappa shape index (κ2) is 4.44. The number of rotatable bonds is 4. The fourth-order valence-corrected chi connectivity index (χ4v) is 2.98. The summed E-state index contributed by atoms with van der Waals surface area (Å²) >= 11 is 0. The van der Waals surface area contributed by atoms with Gasteiger partial charge < -0.3 is 9.47 Å². The van der Waals surface area contributed by atoms with Crippen LogP contribution in [-0.4, -0.2) is 25.2 Å². The average Bonchev–Trinajstić information content (AvgIpc) is 2.80. The zero-order valence-corrected chi connectivity index (χ0v) is 9.77. The predicted octanol–water partition coefficient (Wildman–Crippen LogP) is 1.38. The van der Waals surface area contributed by atoms with Crippen molar-refractivity contribution in [3.05, 3.63) is 0 Å². The molecule has 4 heteroatoms. The third kappa shape index (κ3) is 1.81. The molecule has 0 N–H and O–H groups in total. The Bertz CT molecular complexity index is 299. The van der Waals surface area contributed by atoms with E-state index in [1.165, 1.54) is 0 Å². The number of carbonyl (C=O) groups is 2. The van der Waals surface area contributed by atoms with Crippen LogP contribution in [0.3, 0.4) is 0 Å². The molecular weight excluding hydrogens is 208 g/mol. The Kier molecular flexibility index (Phi) is 3.17. The first-order valence-corrected chi connectivity index (χ1v) is 6.04. The predicted molar refractivity (Wildman–Crippen MR) is 56.5 cm³/mol. The van der Waals surface area contributed by atoms with Crippen molar-refractivity contribution in [3.63, 3.8) is 0 Å². The maximum absolute atomic E-state index is 11.6. The monoisotopic (exact) mass is 226 g/mol. The van der Waals surface area contributed by atoms with Gasteiger partial charge in [-0.25, -0.2) is 0 Å². The molecule has 2 aliphatic rings. The van der Waals surface area contributed by atoms with E-state index in [0.29, 0.717) is 19.1 Å². The Morgan fingerprint density at radius 2 is 1.69 bits per heavy atom. The summed E-state index contributed by atoms with van der Waals surface area (Å²) in [4.78, 5) is 23.2. The molecule has 0 heterocycles. The van der Waals surface area contributed by atoms with E-state index in [-0.39, 0.29) is 29.7 Å². The van der Waals surface area contributed by atoms with Crippen LogP contribution in [0.25, 0.3) is 0 Å². The SMILES string of the molecule is CCOC(=O)[C@H]1[C@@H]2CC[C@@H](C(=O)OCC)[C@@H]21. The van der Waals surface area contributed by atoms with Crippen LogP contribution in [-0.2, 0) is 19.1 Å². The fourth-order valence-electron chi connectivity index (χ4n) is 2.98. The normalized spacial score (nSPS) is 35.4. The van der Waals surface area contributed by atoms with Gasteiger partial charge in [0.1, 0.15) is 0 Å². The molecule has 0 bridgehead atoms. The summed E-state index contributed by atoms with van der Waals surface area (Å²) in [7, 11) is 0. The summed E-state index contributed by atoms with van der Waals surface area (Å²) in [5, 5.41) is 0. The minimum absolute atomic E-state index is 0.0388. The molecule has 0 aromatic rings. The molecule has 0 amide bonds. The molecule has 0 saturated heterocycles. The first kappa shape index (κ1) is 11.4. The van der Waals surface area contributed by atoms with Gasteiger partial charge in [0.2, 0.25) is 0 Å². The first-order valence-electron chi connectivity index (χ1n) is 6.04. The van der Waals surface area contributed by atoms with Gasteiger partial charge in [0.25, 0.3) is 0 Å². The molecule has 0 aliphatic heterocycles. The Labute approximate surface area is 95.3 Å². The summed E-state index contributed by atoms with van der Waals surface area (Å²) in [6, 6.07) is 0. The summed E-state index contributed by atoms with van der Waals surface area (Å²) in [5.74, 6) is 0.183. The van der Waals surface area contributed by atoms with Gasteiger partial charge in [-0.15, -0.1) is 0 Å². The Morgan fingerprint density at radius 3 is 2.31 bits per heavy atom. The molecular formula is C12H18O4. The van der Waals surface area contributed by atoms with Crippen LogP contribution in [0.4, 0.5) is 0 Å². The van der Waals surface area contributed by atoms with Crippen LogP contribution in [0.1, 0.15) is 26.7 Å². The van der Waals surface area contributed by atoms with Crippen LogP contribution in [0.5, 0.6) is 0 Å². The largest absolute Gasteiger partial charge is 0.466 e. The van der Waals surface area contributed by atoms with Crippen LogP contribution < -0.4 is 0 Å². The molecule has 2 saturated carbocycles. The summed E-state index contributed by atoms with van der Waals surface area (Å²) < 4.78 is 10.0. The second-order valence-electron chi connectivity index (χ2n) is 4.45. The third-order valence-corrected chi connectivity index (χ3v) is 3.65. The van der Waals surface area contributed by atoms with E-state index in [2.05, 4.69) is 0 Å². The van der Waals surface area contributed by atoms with Crippen molar-refractivity contribution in [2.75, 3.05) is 13.2 Å². The number of ether oxygens (including phenoxy) is 2. The zero-order valence-electron chi connectivity index (χ0n) is 9.77. The van der Waals surface area contributed by atoms with Crippen molar-refractivity contribution in [3.8, 4) is 0 Å². The van der Waals surface area contributed by atoms with E-state index in [1.807, 2.05) is 0 Å². The standard InChI is InChI=1S/C12H18O4/c1-3-15-11(13)8-6-5-7-9(8)10(7)12(14)16-4-2/h7-10H,3-6H2,1-2H3/t7-,8-,9-,10+/m1/s1. The maximum Gasteiger partial charge on any atom is 0.309 e. The molecule has 0 unspecified atom stereocenters. The maximum atomic E-state index is 11.6. The van der Waals surface area contributed by atoms with E-state index in [1.54, 1.807) is 13.8 Å². The van der Waals surface area contributed by atoms with Crippen LogP contribution in [0.2, 0.25) is 0 Å². The molecule has 4 nitrogen and oxygen atoms in total. The van der Waals surface area contributed by atoms with Gasteiger partial charge in [0.15, 0.2) is 0 Å². The van der Waals surface area contributed by atoms with E-state index < -0.39 is 0 Å². The van der Waals surface area contributed by atoms with Gasteiger partial charge in [0, 0.05) is 0 Å². The van der Waals surface area contributed by atoms with Gasteiger partial charge >= 0.3 is 11.9 Å². The summed E-state index contributed by atoms with van der Waals surface area (Å²) in [6.07, 6.45) is 1.82. The smallest absolute Gasteiger partial charge is 0.309 e. The van der Waals surface area contributed by atoms with E-state index >= 15 is 0 Å². The van der Waals surface area contributed by atoms with Gasteiger partial charge in [-0.05, 0) is 38.5 Å². The van der Waals surface area contributed by atoms with E-state index in [9.17, 15) is 9.59 Å². The number of esters is 2. The Morgan fingerprint density at radius 1 is 1.06 bits per heavy atom. The summed E-state index contributed by atoms with van der Waals surface area (Å²) in [6.45, 7) is 4.44. The molecule has 0 spiro atoms. The first-order chi connectivity index (χ1) is 7.70. The topological polar surface area (TPSA) is 52.6 Å². The van der Waals surface area contributed by atoms with Gasteiger partial charge in [0.05, 0.1) is 25.0 Å². The highest BCUT2D eigenvalue weighted by atomic mass is 16.5. The lowest BCUT2D eigenvalue weighted by Gasteiger charge is -2.12. The molecule has 0 aromatic heterocycles. The lowest BCUT2D eigenvalue weighted by atomic mass is 10.0. The quantitative estimate of drug-likeness (QED) is 0.680. The molecule has 2 fully saturated rings. The minimum Gasteiger partial charge on any atom is -0.466 e. The lowest BCUT2D eigenvalue weighted by Crippen LogP contribution is -2.21. The third-order valence-electron chi connectivity index (χ3n) is 3.65. The minimum atomic E-state index is -0.137. The molecule has 16 heavy (non-hydrogen) atoms. The van der Waals surface area contributed by atoms with Gasteiger partial charge in [-0.3, -0.25) is 9.59 Å².